The Hall–Kier alpha value is -4.32. The molecule has 2 aliphatic carbocycles. The van der Waals surface area contributed by atoms with Crippen LogP contribution in [0.25, 0.3) is 20.4 Å². The van der Waals surface area contributed by atoms with Crippen LogP contribution in [0.15, 0.2) is 29.8 Å². The van der Waals surface area contributed by atoms with Gasteiger partial charge in [-0.3, -0.25) is 14.6 Å². The van der Waals surface area contributed by atoms with Crippen LogP contribution >= 0.6 is 34.3 Å². The number of carbonyl (C=O) groups excluding carboxylic acids is 2. The smallest absolute Gasteiger partial charge is 0.226 e. The average molecular weight is 887 g/mol. The maximum absolute atomic E-state index is 13.4. The van der Waals surface area contributed by atoms with Crippen molar-refractivity contribution < 1.29 is 23.8 Å². The highest BCUT2D eigenvalue weighted by molar-refractivity contribution is 7.19. The van der Waals surface area contributed by atoms with Gasteiger partial charge in [0.05, 0.1) is 61.5 Å². The van der Waals surface area contributed by atoms with Gasteiger partial charge in [-0.05, 0) is 101 Å². The second-order valence-corrected chi connectivity index (χ2v) is 19.4. The summed E-state index contributed by atoms with van der Waals surface area (Å²) in [4.78, 5) is 58.8. The fourth-order valence-corrected chi connectivity index (χ4v) is 11.9. The molecule has 5 aromatic rings. The molecule has 322 valence electrons. The number of aryl methyl sites for hydroxylation is 2. The second kappa shape index (κ2) is 18.2. The Kier molecular flexibility index (Phi) is 12.5. The molecule has 2 fully saturated rings. The number of fused-ring (bicyclic) bond motifs is 7. The van der Waals surface area contributed by atoms with E-state index in [1.807, 2.05) is 30.1 Å². The van der Waals surface area contributed by atoms with Gasteiger partial charge < -0.3 is 34.2 Å². The number of nitrogens with zero attached hydrogens (tertiary/aromatic N) is 8. The molecule has 3 aliphatic heterocycles. The van der Waals surface area contributed by atoms with Gasteiger partial charge in [0.25, 0.3) is 0 Å². The lowest BCUT2D eigenvalue weighted by atomic mass is 9.86. The lowest BCUT2D eigenvalue weighted by Gasteiger charge is -2.36. The quantitative estimate of drug-likeness (QED) is 0.174. The van der Waals surface area contributed by atoms with Crippen LogP contribution < -0.4 is 10.1 Å². The van der Waals surface area contributed by atoms with Crippen LogP contribution in [0.4, 0.5) is 11.5 Å². The molecule has 4 aromatic heterocycles. The van der Waals surface area contributed by atoms with E-state index in [2.05, 4.69) is 61.1 Å². The van der Waals surface area contributed by atoms with Crippen LogP contribution in [0, 0.1) is 11.8 Å². The van der Waals surface area contributed by atoms with Gasteiger partial charge in [0.2, 0.25) is 11.8 Å². The highest BCUT2D eigenvalue weighted by Gasteiger charge is 2.36. The van der Waals surface area contributed by atoms with E-state index in [4.69, 9.17) is 25.8 Å². The summed E-state index contributed by atoms with van der Waals surface area (Å²) in [6, 6.07) is 4.49. The Morgan fingerprint density at radius 3 is 2.10 bits per heavy atom. The van der Waals surface area contributed by atoms with Crippen LogP contribution in [0.1, 0.15) is 58.7 Å². The first kappa shape index (κ1) is 42.0. The molecule has 1 N–H and O–H groups in total. The predicted octanol–water partition coefficient (Wildman–Crippen LogP) is 6.36. The minimum Gasteiger partial charge on any atom is -0.490 e. The highest BCUT2D eigenvalue weighted by atomic mass is 35.5. The summed E-state index contributed by atoms with van der Waals surface area (Å²) in [6.45, 7) is 10.1. The molecule has 0 bridgehead atoms. The number of rotatable bonds is 8. The molecule has 7 heterocycles. The Morgan fingerprint density at radius 2 is 1.48 bits per heavy atom. The van der Waals surface area contributed by atoms with E-state index in [-0.39, 0.29) is 35.7 Å². The van der Waals surface area contributed by atoms with Crippen molar-refractivity contribution in [1.82, 2.24) is 34.6 Å². The summed E-state index contributed by atoms with van der Waals surface area (Å²) in [5.74, 6) is 2.17. The summed E-state index contributed by atoms with van der Waals surface area (Å²) < 4.78 is 17.2. The van der Waals surface area contributed by atoms with Gasteiger partial charge in [-0.2, -0.15) is 0 Å². The average Bonchev–Trinajstić information content (AvgIpc) is 3.99. The van der Waals surface area contributed by atoms with E-state index in [1.165, 1.54) is 32.8 Å². The lowest BCUT2D eigenvalue weighted by Crippen LogP contribution is -2.50. The van der Waals surface area contributed by atoms with Crippen molar-refractivity contribution in [3.05, 3.63) is 61.9 Å². The number of carbonyl (C=O) groups is 2. The molecule has 0 unspecified atom stereocenters. The van der Waals surface area contributed by atoms with Gasteiger partial charge in [0.1, 0.15) is 45.6 Å². The fourth-order valence-electron chi connectivity index (χ4n) is 9.10. The molecular weight excluding hydrogens is 834 g/mol. The summed E-state index contributed by atoms with van der Waals surface area (Å²) in [5.41, 5.74) is 5.66. The first-order valence-corrected chi connectivity index (χ1v) is 23.3. The normalized spacial score (nSPS) is 22.1. The van der Waals surface area contributed by atoms with Gasteiger partial charge in [0, 0.05) is 47.4 Å². The molecule has 5 aliphatic rings. The van der Waals surface area contributed by atoms with Crippen molar-refractivity contribution in [2.45, 2.75) is 71.0 Å². The molecule has 17 heteroatoms. The van der Waals surface area contributed by atoms with Gasteiger partial charge >= 0.3 is 0 Å². The van der Waals surface area contributed by atoms with Crippen molar-refractivity contribution in [3.8, 4) is 5.75 Å². The topological polar surface area (TPSA) is 148 Å². The monoisotopic (exact) mass is 885 g/mol. The number of aliphatic imine (C=N–C) groups is 1. The van der Waals surface area contributed by atoms with Crippen LogP contribution in [0.3, 0.4) is 0 Å². The predicted molar refractivity (Wildman–Crippen MR) is 240 cm³/mol. The highest BCUT2D eigenvalue weighted by Crippen LogP contribution is 2.43. The van der Waals surface area contributed by atoms with Crippen molar-refractivity contribution in [3.63, 3.8) is 0 Å². The SMILES string of the molecule is C[C@H]1COCCN1C(=O)[C@H]1CCc2c(sc3ncnc(Cl)c23)C1.C[C@H]1COCCN1C(=O)[C@H]1CCc2c(sc3ncnc(Nc4cc5c(cc4OCCN(C)C)CN=C5)c23)C1. The molecule has 0 saturated carbocycles. The van der Waals surface area contributed by atoms with Gasteiger partial charge in [0.15, 0.2) is 0 Å². The molecule has 14 nitrogen and oxygen atoms in total. The van der Waals surface area contributed by atoms with E-state index >= 15 is 0 Å². The van der Waals surface area contributed by atoms with Crippen LogP contribution in [-0.4, -0.2) is 132 Å². The molecule has 4 atom stereocenters. The van der Waals surface area contributed by atoms with Crippen LogP contribution in [0.5, 0.6) is 5.75 Å². The van der Waals surface area contributed by atoms with Crippen molar-refractivity contribution in [2.24, 2.45) is 16.8 Å². The van der Waals surface area contributed by atoms with E-state index in [0.29, 0.717) is 57.8 Å². The second-order valence-electron chi connectivity index (χ2n) is 16.8. The Bertz CT molecular complexity index is 2470. The van der Waals surface area contributed by atoms with Crippen molar-refractivity contribution >= 4 is 84.2 Å². The zero-order chi connectivity index (χ0) is 42.2. The molecule has 10 rings (SSSR count). The Labute approximate surface area is 368 Å². The maximum atomic E-state index is 13.4. The first-order chi connectivity index (χ1) is 29.6. The Morgan fingerprint density at radius 1 is 0.869 bits per heavy atom. The van der Waals surface area contributed by atoms with E-state index in [9.17, 15) is 9.59 Å². The molecule has 1 aromatic carbocycles. The minimum atomic E-state index is 0.00757. The standard InChI is InChI=1S/C28H34N6O3S.C16H18ClN3O2S/c1-17-15-36-8-7-34(17)28(35)18-4-5-21-24(12-18)38-27-25(21)26(30-16-31-27)32-22-10-19-13-29-14-20(19)11-23(22)37-9-6-33(2)3;1-9-7-22-5-4-20(9)16(21)10-2-3-11-12(6-10)23-15-13(11)14(17)18-8-19-15/h10-11,13,16-18H,4-9,12,14-15H2,1-3H3,(H,30,31,32);8-10H,2-7H2,1H3/t17-,18-;9-,10-/m00/s1. The fraction of sp³-hybridized carbons (Fsp3) is 0.523. The van der Waals surface area contributed by atoms with Gasteiger partial charge in [-0.15, -0.1) is 22.7 Å². The minimum absolute atomic E-state index is 0.00757. The van der Waals surface area contributed by atoms with Crippen LogP contribution in [-0.2, 0) is 51.3 Å². The number of likely N-dealkylation sites (N-methyl/N-ethyl adjacent to an activating group) is 1. The van der Waals surface area contributed by atoms with E-state index in [1.54, 1.807) is 29.0 Å². The summed E-state index contributed by atoms with van der Waals surface area (Å²) >= 11 is 9.58. The van der Waals surface area contributed by atoms with E-state index < -0.39 is 0 Å². The number of anilines is 2. The number of morpholine rings is 2. The van der Waals surface area contributed by atoms with E-state index in [0.717, 1.165) is 88.3 Å². The number of nitrogens with one attached hydrogen (secondary N) is 1. The number of thiophene rings is 2. The molecule has 61 heavy (non-hydrogen) atoms. The maximum Gasteiger partial charge on any atom is 0.226 e. The molecule has 2 amide bonds. The number of hydrogen-bond donors (Lipinski definition) is 1. The Balaban J connectivity index is 0.000000176. The summed E-state index contributed by atoms with van der Waals surface area (Å²) in [6.07, 6.45) is 10.0. The third kappa shape index (κ3) is 8.72. The number of aromatic nitrogens is 4. The largest absolute Gasteiger partial charge is 0.490 e. The van der Waals surface area contributed by atoms with Gasteiger partial charge in [-0.1, -0.05) is 11.6 Å². The zero-order valence-corrected chi connectivity index (χ0v) is 37.5. The summed E-state index contributed by atoms with van der Waals surface area (Å²) in [7, 11) is 4.08. The van der Waals surface area contributed by atoms with Crippen molar-refractivity contribution in [1.29, 1.82) is 0 Å². The molecule has 0 spiro atoms. The molecule has 0 radical (unpaired) electrons. The number of benzene rings is 1. The summed E-state index contributed by atoms with van der Waals surface area (Å²) in [5, 5.41) is 6.15. The number of ether oxygens (including phenoxy) is 3. The van der Waals surface area contributed by atoms with Crippen LogP contribution in [0.2, 0.25) is 5.15 Å². The molecular formula is C44H52ClN9O5S2. The number of amides is 2. The third-order valence-corrected chi connectivity index (χ3v) is 15.0. The molecule has 2 saturated heterocycles. The number of hydrogen-bond acceptors (Lipinski definition) is 14. The first-order valence-electron chi connectivity index (χ1n) is 21.3. The third-order valence-electron chi connectivity index (χ3n) is 12.4. The van der Waals surface area contributed by atoms with Gasteiger partial charge in [-0.25, -0.2) is 19.9 Å². The number of halogens is 1. The van der Waals surface area contributed by atoms with Crippen molar-refractivity contribution in [2.75, 3.05) is 72.1 Å². The zero-order valence-electron chi connectivity index (χ0n) is 35.1. The lowest BCUT2D eigenvalue weighted by molar-refractivity contribution is -0.144.